The van der Waals surface area contributed by atoms with Crippen LogP contribution < -0.4 is 5.32 Å². The molecule has 2 rings (SSSR count). The van der Waals surface area contributed by atoms with E-state index in [1.807, 2.05) is 24.3 Å². The van der Waals surface area contributed by atoms with Crippen molar-refractivity contribution >= 4 is 0 Å². The minimum Gasteiger partial charge on any atom is -0.336 e. The second kappa shape index (κ2) is 6.65. The average Bonchev–Trinajstić information content (AvgIpc) is 3.03. The van der Waals surface area contributed by atoms with E-state index in [2.05, 4.69) is 45.7 Å². The Hall–Kier alpha value is -1.69. The summed E-state index contributed by atoms with van der Waals surface area (Å²) >= 11 is 0. The first-order chi connectivity index (χ1) is 9.63. The lowest BCUT2D eigenvalue weighted by Gasteiger charge is -2.19. The minimum absolute atomic E-state index is 0.212. The third-order valence-corrected chi connectivity index (χ3v) is 3.37. The van der Waals surface area contributed by atoms with Gasteiger partial charge in [0.1, 0.15) is 12.2 Å². The van der Waals surface area contributed by atoms with Crippen molar-refractivity contribution < 1.29 is 0 Å². The highest BCUT2D eigenvalue weighted by Gasteiger charge is 2.18. The summed E-state index contributed by atoms with van der Waals surface area (Å²) in [6.07, 6.45) is 7.31. The molecule has 6 heteroatoms. The fourth-order valence-electron chi connectivity index (χ4n) is 2.34. The molecule has 6 nitrogen and oxygen atoms in total. The van der Waals surface area contributed by atoms with Crippen molar-refractivity contribution in [1.29, 1.82) is 0 Å². The van der Waals surface area contributed by atoms with Crippen LogP contribution >= 0.6 is 0 Å². The summed E-state index contributed by atoms with van der Waals surface area (Å²) in [7, 11) is 2.02. The Balaban J connectivity index is 2.19. The van der Waals surface area contributed by atoms with Gasteiger partial charge in [0.2, 0.25) is 0 Å². The Morgan fingerprint density at radius 1 is 1.35 bits per heavy atom. The molecule has 1 N–H and O–H groups in total. The summed E-state index contributed by atoms with van der Waals surface area (Å²) in [5, 5.41) is 7.88. The Bertz CT molecular complexity index is 527. The molecule has 2 aromatic heterocycles. The predicted molar refractivity (Wildman–Crippen MR) is 78.4 cm³/mol. The lowest BCUT2D eigenvalue weighted by Crippen LogP contribution is -2.27. The third-order valence-electron chi connectivity index (χ3n) is 3.37. The average molecular weight is 276 g/mol. The smallest absolute Gasteiger partial charge is 0.138 e. The van der Waals surface area contributed by atoms with Gasteiger partial charge in [-0.3, -0.25) is 0 Å². The van der Waals surface area contributed by atoms with Gasteiger partial charge in [-0.1, -0.05) is 6.92 Å². The molecule has 0 spiro atoms. The van der Waals surface area contributed by atoms with Crippen LogP contribution in [0.2, 0.25) is 0 Å². The van der Waals surface area contributed by atoms with Gasteiger partial charge in [-0.25, -0.2) is 14.6 Å². The molecular formula is C14H24N6. The first-order valence-electron chi connectivity index (χ1n) is 7.21. The molecule has 0 aliphatic heterocycles. The fourth-order valence-corrected chi connectivity index (χ4v) is 2.34. The van der Waals surface area contributed by atoms with Gasteiger partial charge in [0.25, 0.3) is 0 Å². The van der Waals surface area contributed by atoms with Gasteiger partial charge in [0.15, 0.2) is 0 Å². The van der Waals surface area contributed by atoms with Crippen molar-refractivity contribution in [3.05, 3.63) is 30.4 Å². The quantitative estimate of drug-likeness (QED) is 0.838. The van der Waals surface area contributed by atoms with Crippen LogP contribution in [-0.4, -0.2) is 30.9 Å². The molecule has 0 aromatic carbocycles. The molecule has 2 aromatic rings. The molecule has 1 unspecified atom stereocenters. The summed E-state index contributed by atoms with van der Waals surface area (Å²) in [4.78, 5) is 8.62. The second-order valence-corrected chi connectivity index (χ2v) is 5.35. The summed E-state index contributed by atoms with van der Waals surface area (Å²) in [5.74, 6) is 1.01. The van der Waals surface area contributed by atoms with E-state index in [-0.39, 0.29) is 6.04 Å². The van der Waals surface area contributed by atoms with Crippen LogP contribution in [-0.2, 0) is 13.5 Å². The summed E-state index contributed by atoms with van der Waals surface area (Å²) < 4.78 is 4.04. The first-order valence-corrected chi connectivity index (χ1v) is 7.21. The van der Waals surface area contributed by atoms with Crippen molar-refractivity contribution in [2.24, 2.45) is 7.05 Å². The number of nitrogens with zero attached hydrogens (tertiary/aromatic N) is 5. The molecule has 0 radical (unpaired) electrons. The highest BCUT2D eigenvalue weighted by Crippen LogP contribution is 2.18. The normalized spacial score (nSPS) is 13.1. The highest BCUT2D eigenvalue weighted by molar-refractivity contribution is 5.08. The molecule has 0 aliphatic rings. The molecule has 0 saturated carbocycles. The Morgan fingerprint density at radius 2 is 2.15 bits per heavy atom. The number of aryl methyl sites for hydroxylation is 1. The predicted octanol–water partition coefficient (Wildman–Crippen LogP) is 1.88. The van der Waals surface area contributed by atoms with Gasteiger partial charge in [-0.2, -0.15) is 5.10 Å². The van der Waals surface area contributed by atoms with E-state index in [1.165, 1.54) is 5.69 Å². The van der Waals surface area contributed by atoms with E-state index in [0.29, 0.717) is 6.04 Å². The number of hydrogen-bond donors (Lipinski definition) is 1. The van der Waals surface area contributed by atoms with Gasteiger partial charge in [0.05, 0.1) is 18.1 Å². The van der Waals surface area contributed by atoms with E-state index >= 15 is 0 Å². The van der Waals surface area contributed by atoms with Crippen LogP contribution in [0.15, 0.2) is 18.9 Å². The highest BCUT2D eigenvalue weighted by atomic mass is 15.3. The van der Waals surface area contributed by atoms with Gasteiger partial charge < -0.3 is 9.88 Å². The van der Waals surface area contributed by atoms with Crippen molar-refractivity contribution in [3.63, 3.8) is 0 Å². The van der Waals surface area contributed by atoms with E-state index in [9.17, 15) is 0 Å². The van der Waals surface area contributed by atoms with Crippen LogP contribution in [0.1, 0.15) is 50.8 Å². The summed E-state index contributed by atoms with van der Waals surface area (Å²) in [6, 6.07) is 0.537. The molecular weight excluding hydrogens is 252 g/mol. The zero-order valence-electron chi connectivity index (χ0n) is 12.7. The third kappa shape index (κ3) is 3.25. The maximum atomic E-state index is 4.41. The summed E-state index contributed by atoms with van der Waals surface area (Å²) in [6.45, 7) is 7.39. The van der Waals surface area contributed by atoms with Crippen LogP contribution in [0.5, 0.6) is 0 Å². The monoisotopic (exact) mass is 276 g/mol. The molecule has 0 aliphatic carbocycles. The van der Waals surface area contributed by atoms with Crippen molar-refractivity contribution in [3.8, 4) is 0 Å². The van der Waals surface area contributed by atoms with Gasteiger partial charge >= 0.3 is 0 Å². The SMILES string of the molecule is CCCNC(Cc1ncnn1C(C)C)c1cncn1C. The molecule has 0 fully saturated rings. The maximum absolute atomic E-state index is 4.41. The number of nitrogens with one attached hydrogen (secondary N) is 1. The maximum Gasteiger partial charge on any atom is 0.138 e. The Morgan fingerprint density at radius 3 is 2.75 bits per heavy atom. The zero-order chi connectivity index (χ0) is 14.5. The van der Waals surface area contributed by atoms with Crippen LogP contribution in [0.4, 0.5) is 0 Å². The van der Waals surface area contributed by atoms with Crippen molar-refractivity contribution in [2.75, 3.05) is 6.54 Å². The van der Waals surface area contributed by atoms with Crippen molar-refractivity contribution in [2.45, 2.75) is 45.7 Å². The number of imidazole rings is 1. The van der Waals surface area contributed by atoms with Crippen LogP contribution in [0.25, 0.3) is 0 Å². The molecule has 2 heterocycles. The van der Waals surface area contributed by atoms with Crippen LogP contribution in [0, 0.1) is 0 Å². The largest absolute Gasteiger partial charge is 0.336 e. The standard InChI is InChI=1S/C14H24N6/c1-5-6-16-12(13-8-15-10-19(13)4)7-14-17-9-18-20(14)11(2)3/h8-12,16H,5-7H2,1-4H3. The van der Waals surface area contributed by atoms with E-state index in [0.717, 1.165) is 25.2 Å². The molecule has 0 saturated heterocycles. The molecule has 1 atom stereocenters. The number of hydrogen-bond acceptors (Lipinski definition) is 4. The zero-order valence-corrected chi connectivity index (χ0v) is 12.7. The number of aromatic nitrogens is 5. The lowest BCUT2D eigenvalue weighted by atomic mass is 10.1. The number of rotatable bonds is 7. The first kappa shape index (κ1) is 14.7. The van der Waals surface area contributed by atoms with E-state index in [1.54, 1.807) is 6.33 Å². The fraction of sp³-hybridized carbons (Fsp3) is 0.643. The van der Waals surface area contributed by atoms with Crippen LogP contribution in [0.3, 0.4) is 0 Å². The molecule has 20 heavy (non-hydrogen) atoms. The van der Waals surface area contributed by atoms with E-state index in [4.69, 9.17) is 0 Å². The van der Waals surface area contributed by atoms with Gasteiger partial charge in [-0.05, 0) is 26.8 Å². The second-order valence-electron chi connectivity index (χ2n) is 5.35. The minimum atomic E-state index is 0.212. The van der Waals surface area contributed by atoms with Gasteiger partial charge in [0, 0.05) is 25.7 Å². The molecule has 0 amide bonds. The van der Waals surface area contributed by atoms with Crippen molar-refractivity contribution in [1.82, 2.24) is 29.6 Å². The molecule has 110 valence electrons. The van der Waals surface area contributed by atoms with Gasteiger partial charge in [-0.15, -0.1) is 0 Å². The lowest BCUT2D eigenvalue weighted by molar-refractivity contribution is 0.452. The van der Waals surface area contributed by atoms with E-state index < -0.39 is 0 Å². The Kier molecular flexibility index (Phi) is 4.89. The summed E-state index contributed by atoms with van der Waals surface area (Å²) in [5.41, 5.74) is 1.18. The molecule has 0 bridgehead atoms. The topological polar surface area (TPSA) is 60.6 Å². The Labute approximate surface area is 120 Å².